The van der Waals surface area contributed by atoms with Gasteiger partial charge in [-0.1, -0.05) is 46.6 Å². The standard InChI is InChI=1S/C20H15Cl2FN4O2/c21-15-6-1-12(9-16(15)22)11-27-8-7-19(25-27)24-20(28)18-10-17(26-29-18)13-2-4-14(23)5-3-13/h1-9,18H,10-11H2,(H,24,25,28). The fourth-order valence-corrected chi connectivity index (χ4v) is 3.20. The quantitative estimate of drug-likeness (QED) is 0.644. The van der Waals surface area contributed by atoms with Crippen LogP contribution in [0.3, 0.4) is 0 Å². The number of rotatable bonds is 5. The van der Waals surface area contributed by atoms with Gasteiger partial charge in [0.25, 0.3) is 5.91 Å². The molecule has 0 bridgehead atoms. The Bertz CT molecular complexity index is 1080. The van der Waals surface area contributed by atoms with Crippen molar-refractivity contribution >= 4 is 40.6 Å². The first-order valence-corrected chi connectivity index (χ1v) is 9.50. The van der Waals surface area contributed by atoms with Gasteiger partial charge < -0.3 is 10.2 Å². The molecule has 1 aliphatic rings. The summed E-state index contributed by atoms with van der Waals surface area (Å²) in [5.41, 5.74) is 2.24. The van der Waals surface area contributed by atoms with Gasteiger partial charge in [-0.15, -0.1) is 0 Å². The summed E-state index contributed by atoms with van der Waals surface area (Å²) in [4.78, 5) is 17.7. The van der Waals surface area contributed by atoms with E-state index in [0.717, 1.165) is 5.56 Å². The number of oxime groups is 1. The van der Waals surface area contributed by atoms with Gasteiger partial charge in [0, 0.05) is 18.7 Å². The number of nitrogens with one attached hydrogen (secondary N) is 1. The topological polar surface area (TPSA) is 68.5 Å². The molecule has 1 aliphatic heterocycles. The largest absolute Gasteiger partial charge is 0.382 e. The monoisotopic (exact) mass is 432 g/mol. The van der Waals surface area contributed by atoms with Crippen molar-refractivity contribution in [1.82, 2.24) is 9.78 Å². The highest BCUT2D eigenvalue weighted by Gasteiger charge is 2.29. The van der Waals surface area contributed by atoms with E-state index < -0.39 is 6.10 Å². The summed E-state index contributed by atoms with van der Waals surface area (Å²) in [6.45, 7) is 0.477. The summed E-state index contributed by atoms with van der Waals surface area (Å²) in [6.07, 6.45) is 1.27. The predicted octanol–water partition coefficient (Wildman–Crippen LogP) is 4.51. The number of amides is 1. The Labute approximate surface area is 175 Å². The Morgan fingerprint density at radius 3 is 2.72 bits per heavy atom. The number of carbonyl (C=O) groups excluding carboxylic acids is 1. The Hall–Kier alpha value is -2.90. The van der Waals surface area contributed by atoms with Crippen molar-refractivity contribution in [2.45, 2.75) is 19.1 Å². The molecule has 0 saturated heterocycles. The molecule has 1 unspecified atom stereocenters. The maximum Gasteiger partial charge on any atom is 0.269 e. The van der Waals surface area contributed by atoms with Crippen LogP contribution in [0.25, 0.3) is 0 Å². The lowest BCUT2D eigenvalue weighted by atomic mass is 10.0. The minimum Gasteiger partial charge on any atom is -0.382 e. The molecule has 3 aromatic rings. The predicted molar refractivity (Wildman–Crippen MR) is 109 cm³/mol. The first kappa shape index (κ1) is 19.4. The summed E-state index contributed by atoms with van der Waals surface area (Å²) in [6, 6.07) is 12.9. The average molecular weight is 433 g/mol. The van der Waals surface area contributed by atoms with Crippen LogP contribution in [0.1, 0.15) is 17.5 Å². The van der Waals surface area contributed by atoms with Crippen LogP contribution >= 0.6 is 23.2 Å². The fourth-order valence-electron chi connectivity index (χ4n) is 2.88. The van der Waals surface area contributed by atoms with Gasteiger partial charge in [0.1, 0.15) is 5.82 Å². The van der Waals surface area contributed by atoms with Gasteiger partial charge in [-0.25, -0.2) is 4.39 Å². The molecule has 0 saturated carbocycles. The number of nitrogens with zero attached hydrogens (tertiary/aromatic N) is 3. The zero-order valence-corrected chi connectivity index (χ0v) is 16.5. The van der Waals surface area contributed by atoms with E-state index >= 15 is 0 Å². The molecule has 1 aromatic heterocycles. The molecule has 0 radical (unpaired) electrons. The molecule has 0 fully saturated rings. The molecule has 1 N–H and O–H groups in total. The second-order valence-corrected chi connectivity index (χ2v) is 7.29. The SMILES string of the molecule is O=C(Nc1ccn(Cc2ccc(Cl)c(Cl)c2)n1)C1CC(c2ccc(F)cc2)=NO1. The van der Waals surface area contributed by atoms with Gasteiger partial charge >= 0.3 is 0 Å². The summed E-state index contributed by atoms with van der Waals surface area (Å²) in [7, 11) is 0. The maximum atomic E-state index is 13.0. The first-order valence-electron chi connectivity index (χ1n) is 8.75. The van der Waals surface area contributed by atoms with Gasteiger partial charge in [0.15, 0.2) is 5.82 Å². The zero-order chi connectivity index (χ0) is 20.4. The van der Waals surface area contributed by atoms with Crippen molar-refractivity contribution in [3.05, 3.63) is 81.7 Å². The van der Waals surface area contributed by atoms with Crippen molar-refractivity contribution in [2.75, 3.05) is 5.32 Å². The smallest absolute Gasteiger partial charge is 0.269 e. The van der Waals surface area contributed by atoms with Crippen molar-refractivity contribution < 1.29 is 14.0 Å². The molecule has 29 heavy (non-hydrogen) atoms. The number of aromatic nitrogens is 2. The van der Waals surface area contributed by atoms with E-state index in [1.807, 2.05) is 6.07 Å². The zero-order valence-electron chi connectivity index (χ0n) is 15.0. The summed E-state index contributed by atoms with van der Waals surface area (Å²) in [5, 5.41) is 11.9. The van der Waals surface area contributed by atoms with Crippen molar-refractivity contribution in [2.24, 2.45) is 5.16 Å². The lowest BCUT2D eigenvalue weighted by Crippen LogP contribution is -2.28. The third kappa shape index (κ3) is 4.58. The number of carbonyl (C=O) groups is 1. The number of anilines is 1. The minimum absolute atomic E-state index is 0.293. The van der Waals surface area contributed by atoms with Crippen molar-refractivity contribution in [1.29, 1.82) is 0 Å². The molecule has 0 spiro atoms. The Kier molecular flexibility index (Phi) is 5.51. The van der Waals surface area contributed by atoms with E-state index in [4.69, 9.17) is 28.0 Å². The van der Waals surface area contributed by atoms with Gasteiger partial charge in [-0.2, -0.15) is 5.10 Å². The van der Waals surface area contributed by atoms with Crippen LogP contribution in [0.5, 0.6) is 0 Å². The van der Waals surface area contributed by atoms with E-state index in [-0.39, 0.29) is 11.7 Å². The van der Waals surface area contributed by atoms with E-state index in [9.17, 15) is 9.18 Å². The molecule has 2 aromatic carbocycles. The molecule has 0 aliphatic carbocycles. The number of halogens is 3. The Balaban J connectivity index is 1.35. The van der Waals surface area contributed by atoms with Crippen LogP contribution in [0.15, 0.2) is 59.9 Å². The third-order valence-electron chi connectivity index (χ3n) is 4.36. The van der Waals surface area contributed by atoms with Crippen LogP contribution in [-0.4, -0.2) is 27.5 Å². The van der Waals surface area contributed by atoms with Crippen LogP contribution in [0.2, 0.25) is 10.0 Å². The van der Waals surface area contributed by atoms with E-state index in [0.29, 0.717) is 40.1 Å². The van der Waals surface area contributed by atoms with Crippen LogP contribution in [0.4, 0.5) is 10.2 Å². The normalized spacial score (nSPS) is 15.7. The maximum absolute atomic E-state index is 13.0. The number of benzene rings is 2. The average Bonchev–Trinajstić information content (AvgIpc) is 3.35. The van der Waals surface area contributed by atoms with Crippen molar-refractivity contribution in [3.8, 4) is 0 Å². The van der Waals surface area contributed by atoms with Crippen LogP contribution in [-0.2, 0) is 16.2 Å². The second kappa shape index (κ2) is 8.23. The molecule has 9 heteroatoms. The first-order chi connectivity index (χ1) is 14.0. The number of hydrogen-bond donors (Lipinski definition) is 1. The Morgan fingerprint density at radius 1 is 1.17 bits per heavy atom. The summed E-state index contributed by atoms with van der Waals surface area (Å²) < 4.78 is 14.7. The van der Waals surface area contributed by atoms with E-state index in [1.165, 1.54) is 12.1 Å². The van der Waals surface area contributed by atoms with Gasteiger partial charge in [-0.05, 0) is 35.4 Å². The molecule has 2 heterocycles. The minimum atomic E-state index is -0.768. The van der Waals surface area contributed by atoms with Crippen LogP contribution < -0.4 is 5.32 Å². The van der Waals surface area contributed by atoms with Crippen LogP contribution in [0, 0.1) is 5.82 Å². The molecule has 148 valence electrons. The molecule has 1 atom stereocenters. The fraction of sp³-hybridized carbons (Fsp3) is 0.150. The molecular formula is C20H15Cl2FN4O2. The summed E-state index contributed by atoms with van der Waals surface area (Å²) >= 11 is 12.0. The van der Waals surface area contributed by atoms with Gasteiger partial charge in [0.2, 0.25) is 6.10 Å². The molecular weight excluding hydrogens is 418 g/mol. The highest BCUT2D eigenvalue weighted by atomic mass is 35.5. The Morgan fingerprint density at radius 2 is 1.97 bits per heavy atom. The highest BCUT2D eigenvalue weighted by molar-refractivity contribution is 6.42. The van der Waals surface area contributed by atoms with E-state index in [2.05, 4.69) is 15.6 Å². The van der Waals surface area contributed by atoms with Gasteiger partial charge in [0.05, 0.1) is 22.3 Å². The third-order valence-corrected chi connectivity index (χ3v) is 5.10. The van der Waals surface area contributed by atoms with E-state index in [1.54, 1.807) is 41.2 Å². The molecule has 1 amide bonds. The van der Waals surface area contributed by atoms with Crippen molar-refractivity contribution in [3.63, 3.8) is 0 Å². The lowest BCUT2D eigenvalue weighted by Gasteiger charge is -2.07. The lowest BCUT2D eigenvalue weighted by molar-refractivity contribution is -0.125. The summed E-state index contributed by atoms with van der Waals surface area (Å²) in [5.74, 6) is -0.293. The highest BCUT2D eigenvalue weighted by Crippen LogP contribution is 2.23. The molecule has 4 rings (SSSR count). The molecule has 6 nitrogen and oxygen atoms in total. The van der Waals surface area contributed by atoms with Gasteiger partial charge in [-0.3, -0.25) is 9.48 Å². The number of hydrogen-bond acceptors (Lipinski definition) is 4. The second-order valence-electron chi connectivity index (χ2n) is 6.48.